The highest BCUT2D eigenvalue weighted by molar-refractivity contribution is 6.31. The lowest BCUT2D eigenvalue weighted by Crippen LogP contribution is -2.14. The van der Waals surface area contributed by atoms with Crippen molar-refractivity contribution in [3.8, 4) is 11.4 Å². The van der Waals surface area contributed by atoms with E-state index in [0.29, 0.717) is 12.1 Å². The molecule has 3 rings (SSSR count). The third-order valence-corrected chi connectivity index (χ3v) is 4.10. The number of primary amides is 1. The summed E-state index contributed by atoms with van der Waals surface area (Å²) < 4.78 is 79.2. The molecule has 0 aliphatic heterocycles. The SMILES string of the molecule is NC(=O)/C(=C\n1cnc(-c2cc(C(F)(F)F)cc(C(F)(F)F)c2)n1)c1cncc(Cl)c1. The van der Waals surface area contributed by atoms with Crippen LogP contribution in [0.3, 0.4) is 0 Å². The number of carbonyl (C=O) groups excluding carboxylic acids is 1. The first-order valence-electron chi connectivity index (χ1n) is 8.18. The Morgan fingerprint density at radius 2 is 1.61 bits per heavy atom. The van der Waals surface area contributed by atoms with Crippen molar-refractivity contribution in [1.82, 2.24) is 19.7 Å². The van der Waals surface area contributed by atoms with Crippen molar-refractivity contribution in [3.05, 3.63) is 64.7 Å². The highest BCUT2D eigenvalue weighted by atomic mass is 35.5. The average molecular weight is 462 g/mol. The Labute approximate surface area is 175 Å². The molecule has 0 aliphatic rings. The number of benzene rings is 1. The number of carbonyl (C=O) groups is 1. The summed E-state index contributed by atoms with van der Waals surface area (Å²) in [6, 6.07) is 2.37. The largest absolute Gasteiger partial charge is 0.416 e. The molecule has 2 aromatic heterocycles. The van der Waals surface area contributed by atoms with Gasteiger partial charge in [-0.3, -0.25) is 9.78 Å². The average Bonchev–Trinajstić information content (AvgIpc) is 3.13. The van der Waals surface area contributed by atoms with Gasteiger partial charge >= 0.3 is 12.4 Å². The topological polar surface area (TPSA) is 86.7 Å². The summed E-state index contributed by atoms with van der Waals surface area (Å²) in [6.07, 6.45) is -5.37. The minimum Gasteiger partial charge on any atom is -0.366 e. The molecule has 0 spiro atoms. The summed E-state index contributed by atoms with van der Waals surface area (Å²) in [4.78, 5) is 19.3. The summed E-state index contributed by atoms with van der Waals surface area (Å²) in [5.41, 5.74) is 1.90. The highest BCUT2D eigenvalue weighted by Crippen LogP contribution is 2.38. The normalized spacial score (nSPS) is 12.8. The van der Waals surface area contributed by atoms with Crippen LogP contribution in [0.2, 0.25) is 5.02 Å². The molecule has 0 bridgehead atoms. The smallest absolute Gasteiger partial charge is 0.366 e. The van der Waals surface area contributed by atoms with Gasteiger partial charge in [0.25, 0.3) is 5.91 Å². The van der Waals surface area contributed by atoms with Gasteiger partial charge in [0.1, 0.15) is 6.33 Å². The Bertz CT molecular complexity index is 1140. The minimum atomic E-state index is -5.02. The molecule has 0 saturated heterocycles. The van der Waals surface area contributed by atoms with E-state index in [1.165, 1.54) is 18.5 Å². The lowest BCUT2D eigenvalue weighted by atomic mass is 10.0. The number of hydrogen-bond donors (Lipinski definition) is 1. The van der Waals surface area contributed by atoms with E-state index in [4.69, 9.17) is 17.3 Å². The van der Waals surface area contributed by atoms with Gasteiger partial charge in [-0.2, -0.15) is 26.3 Å². The van der Waals surface area contributed by atoms with Crippen LogP contribution < -0.4 is 5.73 Å². The van der Waals surface area contributed by atoms with Crippen LogP contribution in [0.15, 0.2) is 43.0 Å². The monoisotopic (exact) mass is 461 g/mol. The zero-order valence-corrected chi connectivity index (χ0v) is 15.8. The van der Waals surface area contributed by atoms with Crippen molar-refractivity contribution in [3.63, 3.8) is 0 Å². The Morgan fingerprint density at radius 3 is 2.13 bits per heavy atom. The van der Waals surface area contributed by atoms with E-state index in [1.807, 2.05) is 0 Å². The van der Waals surface area contributed by atoms with Crippen LogP contribution in [0.5, 0.6) is 0 Å². The molecule has 1 aromatic carbocycles. The summed E-state index contributed by atoms with van der Waals surface area (Å²) in [5, 5.41) is 4.03. The number of hydrogen-bond acceptors (Lipinski definition) is 4. The van der Waals surface area contributed by atoms with E-state index < -0.39 is 40.8 Å². The first-order chi connectivity index (χ1) is 14.3. The molecule has 0 aliphatic carbocycles. The molecule has 2 heterocycles. The fraction of sp³-hybridized carbons (Fsp3) is 0.111. The maximum atomic E-state index is 13.0. The van der Waals surface area contributed by atoms with E-state index in [-0.39, 0.29) is 22.2 Å². The number of nitrogens with zero attached hydrogens (tertiary/aromatic N) is 4. The summed E-state index contributed by atoms with van der Waals surface area (Å²) in [5.74, 6) is -1.33. The number of amides is 1. The summed E-state index contributed by atoms with van der Waals surface area (Å²) in [6.45, 7) is 0. The molecule has 3 aromatic rings. The highest BCUT2D eigenvalue weighted by Gasteiger charge is 2.37. The van der Waals surface area contributed by atoms with Crippen molar-refractivity contribution in [2.75, 3.05) is 0 Å². The van der Waals surface area contributed by atoms with E-state index in [1.54, 1.807) is 0 Å². The van der Waals surface area contributed by atoms with Crippen LogP contribution in [0.25, 0.3) is 23.2 Å². The fourth-order valence-electron chi connectivity index (χ4n) is 2.53. The molecule has 31 heavy (non-hydrogen) atoms. The van der Waals surface area contributed by atoms with Gasteiger partial charge < -0.3 is 5.73 Å². The second-order valence-corrected chi connectivity index (χ2v) is 6.58. The van der Waals surface area contributed by atoms with Crippen LogP contribution in [-0.2, 0) is 17.1 Å². The molecule has 0 fully saturated rings. The lowest BCUT2D eigenvalue weighted by molar-refractivity contribution is -0.143. The van der Waals surface area contributed by atoms with Gasteiger partial charge in [-0.25, -0.2) is 9.67 Å². The Kier molecular flexibility index (Phi) is 5.77. The Hall–Kier alpha value is -3.41. The number of rotatable bonds is 4. The van der Waals surface area contributed by atoms with Gasteiger partial charge in [-0.15, -0.1) is 5.10 Å². The molecular formula is C18H10ClF6N5O. The van der Waals surface area contributed by atoms with Crippen molar-refractivity contribution in [2.45, 2.75) is 12.4 Å². The number of alkyl halides is 6. The third-order valence-electron chi connectivity index (χ3n) is 3.90. The Balaban J connectivity index is 2.07. The number of halogens is 7. The molecule has 13 heteroatoms. The summed E-state index contributed by atoms with van der Waals surface area (Å²) in [7, 11) is 0. The molecule has 0 radical (unpaired) electrons. The van der Waals surface area contributed by atoms with Crippen molar-refractivity contribution < 1.29 is 31.1 Å². The molecule has 0 saturated carbocycles. The maximum absolute atomic E-state index is 13.0. The molecule has 2 N–H and O–H groups in total. The standard InChI is InChI=1S/C18H10ClF6N5O/c19-13-3-10(5-27-6-13)14(15(26)31)7-30-8-28-16(29-30)9-1-11(17(20,21)22)4-12(2-9)18(23,24)25/h1-8H,(H2,26,31)/b14-7-. The zero-order chi connectivity index (χ0) is 23.0. The maximum Gasteiger partial charge on any atom is 0.416 e. The van der Waals surface area contributed by atoms with Gasteiger partial charge in [0, 0.05) is 29.7 Å². The van der Waals surface area contributed by atoms with Crippen molar-refractivity contribution >= 4 is 29.3 Å². The summed E-state index contributed by atoms with van der Waals surface area (Å²) >= 11 is 5.82. The van der Waals surface area contributed by atoms with E-state index >= 15 is 0 Å². The first kappa shape index (κ1) is 22.3. The second kappa shape index (κ2) is 8.02. The zero-order valence-electron chi connectivity index (χ0n) is 15.0. The predicted octanol–water partition coefficient (Wildman–Crippen LogP) is 4.51. The first-order valence-corrected chi connectivity index (χ1v) is 8.56. The molecule has 6 nitrogen and oxygen atoms in total. The quantitative estimate of drug-likeness (QED) is 0.457. The third kappa shape index (κ3) is 5.20. The minimum absolute atomic E-state index is 0.00225. The van der Waals surface area contributed by atoms with E-state index in [2.05, 4.69) is 15.1 Å². The lowest BCUT2D eigenvalue weighted by Gasteiger charge is -2.13. The Morgan fingerprint density at radius 1 is 1.00 bits per heavy atom. The number of nitrogens with two attached hydrogens (primary N) is 1. The molecule has 0 atom stereocenters. The predicted molar refractivity (Wildman–Crippen MR) is 98.1 cm³/mol. The molecular weight excluding hydrogens is 452 g/mol. The van der Waals surface area contributed by atoms with Crippen molar-refractivity contribution in [1.29, 1.82) is 0 Å². The van der Waals surface area contributed by atoms with Gasteiger partial charge in [0.2, 0.25) is 0 Å². The van der Waals surface area contributed by atoms with Crippen LogP contribution in [0, 0.1) is 0 Å². The van der Waals surface area contributed by atoms with E-state index in [0.717, 1.165) is 17.2 Å². The van der Waals surface area contributed by atoms with Crippen LogP contribution in [-0.4, -0.2) is 25.7 Å². The molecule has 0 unspecified atom stereocenters. The van der Waals surface area contributed by atoms with Crippen LogP contribution >= 0.6 is 11.6 Å². The van der Waals surface area contributed by atoms with Crippen molar-refractivity contribution in [2.24, 2.45) is 5.73 Å². The van der Waals surface area contributed by atoms with E-state index in [9.17, 15) is 31.1 Å². The van der Waals surface area contributed by atoms with Gasteiger partial charge in [-0.05, 0) is 24.3 Å². The number of pyridine rings is 1. The number of aromatic nitrogens is 4. The molecule has 162 valence electrons. The van der Waals surface area contributed by atoms with Crippen LogP contribution in [0.1, 0.15) is 16.7 Å². The van der Waals surface area contributed by atoms with Gasteiger partial charge in [-0.1, -0.05) is 11.6 Å². The van der Waals surface area contributed by atoms with Gasteiger partial charge in [0.05, 0.1) is 21.7 Å². The van der Waals surface area contributed by atoms with Gasteiger partial charge in [0.15, 0.2) is 5.82 Å². The van der Waals surface area contributed by atoms with Crippen LogP contribution in [0.4, 0.5) is 26.3 Å². The fourth-order valence-corrected chi connectivity index (χ4v) is 2.70. The molecule has 1 amide bonds. The second-order valence-electron chi connectivity index (χ2n) is 6.14.